The van der Waals surface area contributed by atoms with Crippen LogP contribution < -0.4 is 10.6 Å². The van der Waals surface area contributed by atoms with Gasteiger partial charge < -0.3 is 5.32 Å². The number of rotatable bonds is 2. The van der Waals surface area contributed by atoms with Crippen LogP contribution in [0.15, 0.2) is 18.2 Å². The number of carbonyl (C=O) groups excluding carboxylic acids is 1. The van der Waals surface area contributed by atoms with Crippen LogP contribution in [0.2, 0.25) is 5.02 Å². The van der Waals surface area contributed by atoms with Gasteiger partial charge in [-0.25, -0.2) is 4.68 Å². The number of alkyl halides is 3. The van der Waals surface area contributed by atoms with Crippen molar-refractivity contribution in [2.75, 3.05) is 0 Å². The SMILES string of the molecule is CC1NC(=O)CC(c2nnn3c2CCC[C@@]3(C)c2ccc(C(F)(F)F)cc2Cl)N1. The Morgan fingerprint density at radius 3 is 2.76 bits per heavy atom. The minimum Gasteiger partial charge on any atom is -0.341 e. The van der Waals surface area contributed by atoms with Crippen LogP contribution in [0, 0.1) is 0 Å². The molecule has 1 fully saturated rings. The van der Waals surface area contributed by atoms with Gasteiger partial charge in [-0.1, -0.05) is 22.9 Å². The molecule has 3 atom stereocenters. The van der Waals surface area contributed by atoms with E-state index in [4.69, 9.17) is 11.6 Å². The maximum atomic E-state index is 13.0. The maximum absolute atomic E-state index is 13.0. The second-order valence-corrected chi connectivity index (χ2v) is 8.27. The number of nitrogens with zero attached hydrogens (tertiary/aromatic N) is 3. The fourth-order valence-corrected chi connectivity index (χ4v) is 4.75. The van der Waals surface area contributed by atoms with Gasteiger partial charge in [0.1, 0.15) is 5.69 Å². The Morgan fingerprint density at radius 2 is 2.10 bits per heavy atom. The molecule has 0 saturated carbocycles. The van der Waals surface area contributed by atoms with Gasteiger partial charge in [0.2, 0.25) is 5.91 Å². The number of carbonyl (C=O) groups is 1. The zero-order chi connectivity index (χ0) is 21.0. The van der Waals surface area contributed by atoms with E-state index in [1.807, 2.05) is 13.8 Å². The average molecular weight is 428 g/mol. The first-order valence-corrected chi connectivity index (χ1v) is 9.85. The fraction of sp³-hybridized carbons (Fsp3) is 0.526. The summed E-state index contributed by atoms with van der Waals surface area (Å²) < 4.78 is 40.8. The van der Waals surface area contributed by atoms with Crippen LogP contribution in [0.3, 0.4) is 0 Å². The lowest BCUT2D eigenvalue weighted by atomic mass is 9.82. The van der Waals surface area contributed by atoms with Crippen LogP contribution in [0.25, 0.3) is 0 Å². The molecule has 1 aromatic heterocycles. The first-order valence-electron chi connectivity index (χ1n) is 9.47. The lowest BCUT2D eigenvalue weighted by Crippen LogP contribution is -2.51. The highest BCUT2D eigenvalue weighted by Gasteiger charge is 2.41. The Balaban J connectivity index is 1.74. The summed E-state index contributed by atoms with van der Waals surface area (Å²) in [6.45, 7) is 3.76. The molecule has 1 amide bonds. The topological polar surface area (TPSA) is 71.8 Å². The Hall–Kier alpha value is -2.13. The molecule has 0 aliphatic carbocycles. The molecule has 2 N–H and O–H groups in total. The maximum Gasteiger partial charge on any atom is 0.416 e. The van der Waals surface area contributed by atoms with Crippen molar-refractivity contribution < 1.29 is 18.0 Å². The van der Waals surface area contributed by atoms with Gasteiger partial charge in [0.15, 0.2) is 0 Å². The summed E-state index contributed by atoms with van der Waals surface area (Å²) in [7, 11) is 0. The van der Waals surface area contributed by atoms with E-state index in [9.17, 15) is 18.0 Å². The van der Waals surface area contributed by atoms with Crippen LogP contribution >= 0.6 is 11.6 Å². The Bertz CT molecular complexity index is 960. The van der Waals surface area contributed by atoms with Gasteiger partial charge in [0.05, 0.1) is 29.0 Å². The number of nitrogens with one attached hydrogen (secondary N) is 2. The first kappa shape index (κ1) is 20.2. The molecule has 156 valence electrons. The highest BCUT2D eigenvalue weighted by atomic mass is 35.5. The third-order valence-corrected chi connectivity index (χ3v) is 6.08. The van der Waals surface area contributed by atoms with Crippen molar-refractivity contribution >= 4 is 17.5 Å². The third-order valence-electron chi connectivity index (χ3n) is 5.76. The molecular weight excluding hydrogens is 407 g/mol. The van der Waals surface area contributed by atoms with Crippen molar-refractivity contribution in [1.29, 1.82) is 0 Å². The second kappa shape index (κ2) is 6.98. The van der Waals surface area contributed by atoms with E-state index in [0.29, 0.717) is 17.7 Å². The van der Waals surface area contributed by atoms with E-state index in [2.05, 4.69) is 20.9 Å². The molecule has 4 rings (SSSR count). The van der Waals surface area contributed by atoms with Gasteiger partial charge in [-0.15, -0.1) is 5.10 Å². The van der Waals surface area contributed by atoms with E-state index in [-0.39, 0.29) is 29.6 Å². The van der Waals surface area contributed by atoms with Crippen LogP contribution in [-0.2, 0) is 22.9 Å². The lowest BCUT2D eigenvalue weighted by Gasteiger charge is -2.37. The number of amides is 1. The normalized spacial score (nSPS) is 27.4. The fourth-order valence-electron chi connectivity index (χ4n) is 4.36. The molecule has 2 aliphatic heterocycles. The second-order valence-electron chi connectivity index (χ2n) is 7.87. The van der Waals surface area contributed by atoms with Crippen LogP contribution in [0.4, 0.5) is 13.2 Å². The van der Waals surface area contributed by atoms with Crippen molar-refractivity contribution in [3.63, 3.8) is 0 Å². The van der Waals surface area contributed by atoms with Crippen LogP contribution in [0.1, 0.15) is 61.7 Å². The minimum atomic E-state index is -4.45. The lowest BCUT2D eigenvalue weighted by molar-refractivity contribution is -0.137. The van der Waals surface area contributed by atoms with Crippen molar-refractivity contribution in [3.05, 3.63) is 45.7 Å². The van der Waals surface area contributed by atoms with Gasteiger partial charge >= 0.3 is 6.18 Å². The van der Waals surface area contributed by atoms with E-state index < -0.39 is 17.3 Å². The molecule has 2 aliphatic rings. The predicted molar refractivity (Wildman–Crippen MR) is 100 cm³/mol. The van der Waals surface area contributed by atoms with Crippen molar-refractivity contribution in [2.24, 2.45) is 0 Å². The Labute approximate surface area is 170 Å². The van der Waals surface area contributed by atoms with E-state index in [0.717, 1.165) is 30.7 Å². The Morgan fingerprint density at radius 1 is 1.34 bits per heavy atom. The number of halogens is 4. The van der Waals surface area contributed by atoms with Gasteiger partial charge in [-0.05, 0) is 50.8 Å². The first-order chi connectivity index (χ1) is 13.6. The molecule has 2 unspecified atom stereocenters. The monoisotopic (exact) mass is 427 g/mol. The van der Waals surface area contributed by atoms with E-state index in [1.165, 1.54) is 6.07 Å². The van der Waals surface area contributed by atoms with Crippen molar-refractivity contribution in [2.45, 2.75) is 63.5 Å². The van der Waals surface area contributed by atoms with Crippen LogP contribution in [-0.4, -0.2) is 27.1 Å². The Kier molecular flexibility index (Phi) is 4.85. The van der Waals surface area contributed by atoms with Gasteiger partial charge in [-0.3, -0.25) is 10.1 Å². The van der Waals surface area contributed by atoms with Crippen molar-refractivity contribution in [1.82, 2.24) is 25.6 Å². The third kappa shape index (κ3) is 3.50. The molecule has 6 nitrogen and oxygen atoms in total. The van der Waals surface area contributed by atoms with Gasteiger partial charge in [0, 0.05) is 11.4 Å². The summed E-state index contributed by atoms with van der Waals surface area (Å²) in [6.07, 6.45) is -2.17. The summed E-state index contributed by atoms with van der Waals surface area (Å²) in [5.41, 5.74) is 0.668. The molecule has 1 aromatic carbocycles. The number of aromatic nitrogens is 3. The highest BCUT2D eigenvalue weighted by molar-refractivity contribution is 6.31. The smallest absolute Gasteiger partial charge is 0.341 e. The largest absolute Gasteiger partial charge is 0.416 e. The quantitative estimate of drug-likeness (QED) is 0.769. The number of hydrogen-bond donors (Lipinski definition) is 2. The summed E-state index contributed by atoms with van der Waals surface area (Å²) in [6, 6.07) is 3.18. The minimum absolute atomic E-state index is 0.0519. The number of benzene rings is 1. The predicted octanol–water partition coefficient (Wildman–Crippen LogP) is 3.55. The standard InChI is InChI=1S/C19H21ClF3N5O/c1-10-24-14(9-16(29)25-10)17-15-4-3-7-18(2,28(15)27-26-17)12-6-5-11(8-13(12)20)19(21,22)23/h5-6,8,10,14,24H,3-4,7,9H2,1-2H3,(H,25,29)/t10?,14?,18-/m0/s1. The average Bonchev–Trinajstić information content (AvgIpc) is 3.05. The van der Waals surface area contributed by atoms with E-state index in [1.54, 1.807) is 4.68 Å². The van der Waals surface area contributed by atoms with Gasteiger partial charge in [0.25, 0.3) is 0 Å². The molecule has 0 spiro atoms. The van der Waals surface area contributed by atoms with E-state index >= 15 is 0 Å². The number of hydrogen-bond acceptors (Lipinski definition) is 4. The molecule has 0 radical (unpaired) electrons. The molecule has 1 saturated heterocycles. The molecule has 2 aromatic rings. The zero-order valence-corrected chi connectivity index (χ0v) is 16.7. The summed E-state index contributed by atoms with van der Waals surface area (Å²) >= 11 is 6.29. The molecule has 29 heavy (non-hydrogen) atoms. The molecular formula is C19H21ClF3N5O. The molecule has 3 heterocycles. The van der Waals surface area contributed by atoms with Gasteiger partial charge in [-0.2, -0.15) is 13.2 Å². The summed E-state index contributed by atoms with van der Waals surface area (Å²) in [5, 5.41) is 14.8. The summed E-state index contributed by atoms with van der Waals surface area (Å²) in [4.78, 5) is 11.9. The highest BCUT2D eigenvalue weighted by Crippen LogP contribution is 2.42. The number of fused-ring (bicyclic) bond motifs is 1. The summed E-state index contributed by atoms with van der Waals surface area (Å²) in [5.74, 6) is -0.0626. The molecule has 0 bridgehead atoms. The van der Waals surface area contributed by atoms with Crippen molar-refractivity contribution in [3.8, 4) is 0 Å². The molecule has 10 heteroatoms. The zero-order valence-electron chi connectivity index (χ0n) is 16.0. The van der Waals surface area contributed by atoms with Crippen LogP contribution in [0.5, 0.6) is 0 Å².